The number of hydrogen-bond donors (Lipinski definition) is 1. The minimum Gasteiger partial charge on any atom is -0.383 e. The first-order chi connectivity index (χ1) is 7.89. The highest BCUT2D eigenvalue weighted by Crippen LogP contribution is 2.28. The van der Waals surface area contributed by atoms with Crippen LogP contribution in [-0.4, -0.2) is 14.5 Å². The van der Waals surface area contributed by atoms with Crippen LogP contribution in [-0.2, 0) is 5.54 Å². The van der Waals surface area contributed by atoms with Gasteiger partial charge in [-0.3, -0.25) is 4.98 Å². The molecule has 0 unspecified atom stereocenters. The number of nitrogens with zero attached hydrogens (tertiary/aromatic N) is 3. The van der Waals surface area contributed by atoms with Crippen LogP contribution in [0.3, 0.4) is 0 Å². The van der Waals surface area contributed by atoms with Crippen LogP contribution in [0.15, 0.2) is 24.7 Å². The number of nitrogens with two attached hydrogens (primary N) is 1. The fourth-order valence-electron chi connectivity index (χ4n) is 1.72. The predicted molar refractivity (Wildman–Crippen MR) is 69.6 cm³/mol. The second-order valence-electron chi connectivity index (χ2n) is 5.21. The normalized spacial score (nSPS) is 11.8. The molecule has 4 heteroatoms. The summed E-state index contributed by atoms with van der Waals surface area (Å²) >= 11 is 0. The van der Waals surface area contributed by atoms with Crippen molar-refractivity contribution in [3.05, 3.63) is 30.4 Å². The fourth-order valence-corrected chi connectivity index (χ4v) is 1.72. The second-order valence-corrected chi connectivity index (χ2v) is 5.21. The van der Waals surface area contributed by atoms with Gasteiger partial charge in [0.05, 0.1) is 6.33 Å². The van der Waals surface area contributed by atoms with E-state index >= 15 is 0 Å². The molecule has 90 valence electrons. The van der Waals surface area contributed by atoms with E-state index in [-0.39, 0.29) is 5.54 Å². The van der Waals surface area contributed by atoms with Gasteiger partial charge >= 0.3 is 0 Å². The van der Waals surface area contributed by atoms with E-state index in [4.69, 9.17) is 5.73 Å². The molecule has 4 nitrogen and oxygen atoms in total. The third-order valence-electron chi connectivity index (χ3n) is 2.71. The number of pyridine rings is 1. The fraction of sp³-hybridized carbons (Fsp3) is 0.385. The SMILES string of the molecule is Cc1ccc(-c2ncn(C(C)(C)C)c2N)cn1. The van der Waals surface area contributed by atoms with E-state index < -0.39 is 0 Å². The summed E-state index contributed by atoms with van der Waals surface area (Å²) in [6, 6.07) is 3.96. The molecule has 0 atom stereocenters. The van der Waals surface area contributed by atoms with Crippen molar-refractivity contribution in [3.8, 4) is 11.3 Å². The monoisotopic (exact) mass is 230 g/mol. The summed E-state index contributed by atoms with van der Waals surface area (Å²) in [5, 5.41) is 0. The molecular formula is C13H18N4. The maximum Gasteiger partial charge on any atom is 0.132 e. The van der Waals surface area contributed by atoms with Crippen molar-refractivity contribution in [1.82, 2.24) is 14.5 Å². The van der Waals surface area contributed by atoms with Gasteiger partial charge in [-0.2, -0.15) is 0 Å². The largest absolute Gasteiger partial charge is 0.383 e. The summed E-state index contributed by atoms with van der Waals surface area (Å²) in [7, 11) is 0. The van der Waals surface area contributed by atoms with Crippen LogP contribution < -0.4 is 5.73 Å². The average molecular weight is 230 g/mol. The molecule has 0 fully saturated rings. The van der Waals surface area contributed by atoms with Gasteiger partial charge in [0.15, 0.2) is 0 Å². The van der Waals surface area contributed by atoms with Crippen molar-refractivity contribution in [3.63, 3.8) is 0 Å². The van der Waals surface area contributed by atoms with E-state index in [1.54, 1.807) is 12.5 Å². The quantitative estimate of drug-likeness (QED) is 0.819. The minimum absolute atomic E-state index is 0.0620. The zero-order chi connectivity index (χ0) is 12.6. The van der Waals surface area contributed by atoms with Crippen LogP contribution in [0.2, 0.25) is 0 Å². The molecule has 0 radical (unpaired) electrons. The molecule has 0 aliphatic carbocycles. The lowest BCUT2D eigenvalue weighted by atomic mass is 10.1. The summed E-state index contributed by atoms with van der Waals surface area (Å²) in [5.41, 5.74) is 8.81. The Bertz CT molecular complexity index is 517. The molecule has 0 aromatic carbocycles. The van der Waals surface area contributed by atoms with E-state index in [2.05, 4.69) is 30.7 Å². The van der Waals surface area contributed by atoms with Crippen LogP contribution in [0, 0.1) is 6.92 Å². The van der Waals surface area contributed by atoms with Gasteiger partial charge in [-0.15, -0.1) is 0 Å². The number of rotatable bonds is 1. The van der Waals surface area contributed by atoms with Crippen LogP contribution in [0.5, 0.6) is 0 Å². The van der Waals surface area contributed by atoms with Crippen molar-refractivity contribution in [2.75, 3.05) is 5.73 Å². The van der Waals surface area contributed by atoms with Crippen LogP contribution in [0.1, 0.15) is 26.5 Å². The lowest BCUT2D eigenvalue weighted by molar-refractivity contribution is 0.402. The Morgan fingerprint density at radius 1 is 1.18 bits per heavy atom. The van der Waals surface area contributed by atoms with Crippen molar-refractivity contribution < 1.29 is 0 Å². The predicted octanol–water partition coefficient (Wildman–Crippen LogP) is 2.59. The van der Waals surface area contributed by atoms with E-state index in [9.17, 15) is 0 Å². The maximum absolute atomic E-state index is 6.13. The highest BCUT2D eigenvalue weighted by Gasteiger charge is 2.19. The maximum atomic E-state index is 6.13. The number of nitrogen functional groups attached to an aromatic ring is 1. The number of imidazole rings is 1. The summed E-state index contributed by atoms with van der Waals surface area (Å²) < 4.78 is 1.97. The summed E-state index contributed by atoms with van der Waals surface area (Å²) in [6.45, 7) is 8.26. The highest BCUT2D eigenvalue weighted by atomic mass is 15.2. The highest BCUT2D eigenvalue weighted by molar-refractivity contribution is 5.69. The van der Waals surface area contributed by atoms with Crippen LogP contribution in [0.4, 0.5) is 5.82 Å². The molecule has 2 heterocycles. The number of anilines is 1. The van der Waals surface area contributed by atoms with E-state index in [1.165, 1.54) is 0 Å². The number of hydrogen-bond acceptors (Lipinski definition) is 3. The number of aromatic nitrogens is 3. The van der Waals surface area contributed by atoms with Crippen molar-refractivity contribution >= 4 is 5.82 Å². The molecule has 0 saturated carbocycles. The molecule has 2 rings (SSSR count). The number of aryl methyl sites for hydroxylation is 1. The third-order valence-corrected chi connectivity index (χ3v) is 2.71. The van der Waals surface area contributed by atoms with Gasteiger partial charge in [-0.25, -0.2) is 4.98 Å². The standard InChI is InChI=1S/C13H18N4/c1-9-5-6-10(7-15-9)11-12(14)17(8-16-11)13(2,3)4/h5-8H,14H2,1-4H3. The lowest BCUT2D eigenvalue weighted by Crippen LogP contribution is -2.22. The van der Waals surface area contributed by atoms with Gasteiger partial charge in [0.2, 0.25) is 0 Å². The van der Waals surface area contributed by atoms with E-state index in [0.29, 0.717) is 5.82 Å². The smallest absolute Gasteiger partial charge is 0.132 e. The second kappa shape index (κ2) is 3.87. The molecule has 0 spiro atoms. The van der Waals surface area contributed by atoms with E-state index in [1.807, 2.05) is 23.6 Å². The molecule has 2 N–H and O–H groups in total. The van der Waals surface area contributed by atoms with Crippen LogP contribution >= 0.6 is 0 Å². The first-order valence-electron chi connectivity index (χ1n) is 5.66. The Kier molecular flexibility index (Phi) is 2.65. The summed E-state index contributed by atoms with van der Waals surface area (Å²) in [6.07, 6.45) is 3.59. The molecule has 17 heavy (non-hydrogen) atoms. The van der Waals surface area contributed by atoms with Gasteiger partial charge in [0.1, 0.15) is 11.5 Å². The van der Waals surface area contributed by atoms with Crippen molar-refractivity contribution in [2.24, 2.45) is 0 Å². The molecule has 0 aliphatic rings. The molecule has 2 aromatic rings. The summed E-state index contributed by atoms with van der Waals surface area (Å²) in [5.74, 6) is 0.683. The molecule has 2 aromatic heterocycles. The Labute approximate surface area is 102 Å². The topological polar surface area (TPSA) is 56.7 Å². The Morgan fingerprint density at radius 3 is 2.35 bits per heavy atom. The van der Waals surface area contributed by atoms with Gasteiger partial charge in [-0.05, 0) is 39.8 Å². The first kappa shape index (κ1) is 11.6. The zero-order valence-corrected chi connectivity index (χ0v) is 10.7. The van der Waals surface area contributed by atoms with Crippen molar-refractivity contribution in [1.29, 1.82) is 0 Å². The Morgan fingerprint density at radius 2 is 1.88 bits per heavy atom. The Balaban J connectivity index is 2.48. The molecule has 0 bridgehead atoms. The van der Waals surface area contributed by atoms with Gasteiger partial charge in [-0.1, -0.05) is 0 Å². The van der Waals surface area contributed by atoms with Gasteiger partial charge in [0, 0.05) is 23.0 Å². The first-order valence-corrected chi connectivity index (χ1v) is 5.66. The average Bonchev–Trinajstić information content (AvgIpc) is 2.61. The molecule has 0 amide bonds. The zero-order valence-electron chi connectivity index (χ0n) is 10.7. The Hall–Kier alpha value is -1.84. The molecule has 0 aliphatic heterocycles. The molecular weight excluding hydrogens is 212 g/mol. The third kappa shape index (κ3) is 2.16. The van der Waals surface area contributed by atoms with Gasteiger partial charge < -0.3 is 10.3 Å². The van der Waals surface area contributed by atoms with E-state index in [0.717, 1.165) is 17.0 Å². The lowest BCUT2D eigenvalue weighted by Gasteiger charge is -2.22. The minimum atomic E-state index is -0.0620. The van der Waals surface area contributed by atoms with Gasteiger partial charge in [0.25, 0.3) is 0 Å². The van der Waals surface area contributed by atoms with Crippen LogP contribution in [0.25, 0.3) is 11.3 Å². The van der Waals surface area contributed by atoms with Crippen molar-refractivity contribution in [2.45, 2.75) is 33.2 Å². The molecule has 0 saturated heterocycles. The summed E-state index contributed by atoms with van der Waals surface area (Å²) in [4.78, 5) is 8.64.